The van der Waals surface area contributed by atoms with E-state index in [4.69, 9.17) is 0 Å². The maximum atomic E-state index is 11.0. The smallest absolute Gasteiger partial charge is 0.258 e. The van der Waals surface area contributed by atoms with Crippen LogP contribution in [-0.2, 0) is 6.54 Å². The zero-order chi connectivity index (χ0) is 13.9. The van der Waals surface area contributed by atoms with Crippen LogP contribution in [0.4, 0.5) is 5.69 Å². The van der Waals surface area contributed by atoms with Crippen LogP contribution < -0.4 is 4.57 Å². The zero-order valence-electron chi connectivity index (χ0n) is 10.8. The molecule has 4 nitrogen and oxygen atoms in total. The molecule has 3 rings (SSSR count). The zero-order valence-corrected chi connectivity index (χ0v) is 10.8. The monoisotopic (exact) mass is 265 g/mol. The van der Waals surface area contributed by atoms with Gasteiger partial charge in [-0.05, 0) is 6.07 Å². The number of nitro benzene ring substituents is 1. The van der Waals surface area contributed by atoms with Crippen molar-refractivity contribution in [3.63, 3.8) is 0 Å². The molecule has 0 fully saturated rings. The number of aromatic nitrogens is 1. The van der Waals surface area contributed by atoms with E-state index in [1.807, 2.05) is 41.2 Å². The SMILES string of the molecule is O=[N+]([O-])c1cccc2c[n+](Cc3ccccc3)ccc12. The molecule has 0 saturated carbocycles. The Hall–Kier alpha value is -2.75. The first-order valence-corrected chi connectivity index (χ1v) is 6.34. The summed E-state index contributed by atoms with van der Waals surface area (Å²) in [6.45, 7) is 0.749. The fraction of sp³-hybridized carbons (Fsp3) is 0.0625. The predicted molar refractivity (Wildman–Crippen MR) is 76.3 cm³/mol. The number of hydrogen-bond acceptors (Lipinski definition) is 2. The van der Waals surface area contributed by atoms with E-state index >= 15 is 0 Å². The first-order chi connectivity index (χ1) is 9.74. The average Bonchev–Trinajstić information content (AvgIpc) is 2.47. The van der Waals surface area contributed by atoms with Crippen LogP contribution in [-0.4, -0.2) is 4.92 Å². The minimum absolute atomic E-state index is 0.148. The topological polar surface area (TPSA) is 47.0 Å². The number of pyridine rings is 1. The second kappa shape index (κ2) is 5.09. The van der Waals surface area contributed by atoms with Gasteiger partial charge in [-0.1, -0.05) is 36.4 Å². The van der Waals surface area contributed by atoms with Crippen molar-refractivity contribution >= 4 is 16.5 Å². The van der Waals surface area contributed by atoms with Gasteiger partial charge >= 0.3 is 0 Å². The van der Waals surface area contributed by atoms with Crippen LogP contribution in [0.5, 0.6) is 0 Å². The maximum absolute atomic E-state index is 11.0. The lowest BCUT2D eigenvalue weighted by Crippen LogP contribution is -2.33. The Bertz CT molecular complexity index is 770. The number of hydrogen-bond donors (Lipinski definition) is 0. The lowest BCUT2D eigenvalue weighted by Gasteiger charge is -2.00. The normalized spacial score (nSPS) is 10.6. The summed E-state index contributed by atoms with van der Waals surface area (Å²) < 4.78 is 2.03. The van der Waals surface area contributed by atoms with Crippen molar-refractivity contribution in [2.75, 3.05) is 0 Å². The van der Waals surface area contributed by atoms with Crippen LogP contribution in [0.25, 0.3) is 10.8 Å². The van der Waals surface area contributed by atoms with E-state index in [2.05, 4.69) is 12.1 Å². The third kappa shape index (κ3) is 2.36. The van der Waals surface area contributed by atoms with Gasteiger partial charge in [-0.15, -0.1) is 0 Å². The quantitative estimate of drug-likeness (QED) is 0.415. The third-order valence-electron chi connectivity index (χ3n) is 3.26. The largest absolute Gasteiger partial charge is 0.277 e. The van der Waals surface area contributed by atoms with Crippen molar-refractivity contribution in [3.05, 3.63) is 82.7 Å². The molecular weight excluding hydrogens is 252 g/mol. The van der Waals surface area contributed by atoms with E-state index in [1.54, 1.807) is 12.1 Å². The molecule has 0 spiro atoms. The van der Waals surface area contributed by atoms with E-state index in [-0.39, 0.29) is 10.6 Å². The van der Waals surface area contributed by atoms with Gasteiger partial charge in [0.1, 0.15) is 0 Å². The Morgan fingerprint density at radius 3 is 2.55 bits per heavy atom. The molecular formula is C16H13N2O2+. The summed E-state index contributed by atoms with van der Waals surface area (Å²) in [5, 5.41) is 12.5. The molecule has 98 valence electrons. The van der Waals surface area contributed by atoms with Gasteiger partial charge in [0.15, 0.2) is 18.9 Å². The Balaban J connectivity index is 2.01. The molecule has 0 aliphatic heterocycles. The summed E-state index contributed by atoms with van der Waals surface area (Å²) >= 11 is 0. The van der Waals surface area contributed by atoms with Crippen molar-refractivity contribution in [1.29, 1.82) is 0 Å². The minimum atomic E-state index is -0.343. The number of non-ortho nitro benzene ring substituents is 1. The molecule has 0 aliphatic carbocycles. The fourth-order valence-corrected chi connectivity index (χ4v) is 2.31. The van der Waals surface area contributed by atoms with Crippen molar-refractivity contribution in [3.8, 4) is 0 Å². The van der Waals surface area contributed by atoms with Gasteiger partial charge in [-0.25, -0.2) is 4.57 Å². The average molecular weight is 265 g/mol. The molecule has 4 heteroatoms. The second-order valence-electron chi connectivity index (χ2n) is 4.64. The van der Waals surface area contributed by atoms with Crippen molar-refractivity contribution in [1.82, 2.24) is 0 Å². The number of benzene rings is 2. The molecule has 1 heterocycles. The summed E-state index contributed by atoms with van der Waals surface area (Å²) in [4.78, 5) is 10.6. The van der Waals surface area contributed by atoms with Gasteiger partial charge in [-0.2, -0.15) is 0 Å². The van der Waals surface area contributed by atoms with E-state index in [0.717, 1.165) is 11.9 Å². The molecule has 2 aromatic carbocycles. The molecule has 0 radical (unpaired) electrons. The number of rotatable bonds is 3. The highest BCUT2D eigenvalue weighted by Crippen LogP contribution is 2.23. The molecule has 20 heavy (non-hydrogen) atoms. The summed E-state index contributed by atoms with van der Waals surface area (Å²) in [7, 11) is 0. The Morgan fingerprint density at radius 1 is 1.00 bits per heavy atom. The standard InChI is InChI=1S/C16H13N2O2/c19-18(20)16-8-4-7-14-12-17(10-9-15(14)16)11-13-5-2-1-3-6-13/h1-10,12H,11H2/q+1. The van der Waals surface area contributed by atoms with Gasteiger partial charge in [0.25, 0.3) is 5.69 Å². The highest BCUT2D eigenvalue weighted by Gasteiger charge is 2.13. The number of nitrogens with zero attached hydrogens (tertiary/aromatic N) is 2. The lowest BCUT2D eigenvalue weighted by molar-refractivity contribution is -0.687. The third-order valence-corrected chi connectivity index (χ3v) is 3.26. The Morgan fingerprint density at radius 2 is 1.80 bits per heavy atom. The first-order valence-electron chi connectivity index (χ1n) is 6.34. The predicted octanol–water partition coefficient (Wildman–Crippen LogP) is 3.08. The van der Waals surface area contributed by atoms with Crippen molar-refractivity contribution in [2.45, 2.75) is 6.54 Å². The Kier molecular flexibility index (Phi) is 3.13. The van der Waals surface area contributed by atoms with Gasteiger partial charge in [0.05, 0.1) is 15.7 Å². The van der Waals surface area contributed by atoms with Crippen LogP contribution in [0, 0.1) is 10.1 Å². The number of fused-ring (bicyclic) bond motifs is 1. The summed E-state index contributed by atoms with van der Waals surface area (Å²) in [5.74, 6) is 0. The molecule has 0 unspecified atom stereocenters. The highest BCUT2D eigenvalue weighted by molar-refractivity contribution is 5.89. The van der Waals surface area contributed by atoms with Crippen LogP contribution in [0.15, 0.2) is 67.0 Å². The summed E-state index contributed by atoms with van der Waals surface area (Å²) in [5.41, 5.74) is 1.34. The molecule has 0 atom stereocenters. The molecule has 1 aromatic heterocycles. The van der Waals surface area contributed by atoms with E-state index in [9.17, 15) is 10.1 Å². The van der Waals surface area contributed by atoms with Gasteiger partial charge < -0.3 is 0 Å². The second-order valence-corrected chi connectivity index (χ2v) is 4.64. The highest BCUT2D eigenvalue weighted by atomic mass is 16.6. The molecule has 0 N–H and O–H groups in total. The van der Waals surface area contributed by atoms with Gasteiger partial charge in [-0.3, -0.25) is 10.1 Å². The maximum Gasteiger partial charge on any atom is 0.277 e. The van der Waals surface area contributed by atoms with E-state index in [0.29, 0.717) is 5.39 Å². The van der Waals surface area contributed by atoms with Crippen molar-refractivity contribution in [2.24, 2.45) is 0 Å². The van der Waals surface area contributed by atoms with E-state index in [1.165, 1.54) is 11.6 Å². The van der Waals surface area contributed by atoms with Crippen LogP contribution in [0.2, 0.25) is 0 Å². The Labute approximate surface area is 116 Å². The molecule has 3 aromatic rings. The van der Waals surface area contributed by atoms with Crippen LogP contribution in [0.1, 0.15) is 5.56 Å². The van der Waals surface area contributed by atoms with Gasteiger partial charge in [0.2, 0.25) is 0 Å². The molecule has 0 bridgehead atoms. The van der Waals surface area contributed by atoms with Crippen molar-refractivity contribution < 1.29 is 9.49 Å². The summed E-state index contributed by atoms with van der Waals surface area (Å²) in [6.07, 6.45) is 3.82. The van der Waals surface area contributed by atoms with Crippen LogP contribution >= 0.6 is 0 Å². The van der Waals surface area contributed by atoms with E-state index < -0.39 is 0 Å². The molecule has 0 aliphatic rings. The van der Waals surface area contributed by atoms with Crippen LogP contribution in [0.3, 0.4) is 0 Å². The first kappa shape index (κ1) is 12.3. The number of nitro groups is 1. The molecule has 0 saturated heterocycles. The minimum Gasteiger partial charge on any atom is -0.258 e. The van der Waals surface area contributed by atoms with Gasteiger partial charge in [0, 0.05) is 17.7 Å². The summed E-state index contributed by atoms with van der Waals surface area (Å²) in [6, 6.07) is 17.0. The molecule has 0 amide bonds. The fourth-order valence-electron chi connectivity index (χ4n) is 2.31. The lowest BCUT2D eigenvalue weighted by atomic mass is 10.1.